The molecule has 11 heteroatoms. The van der Waals surface area contributed by atoms with E-state index in [1.807, 2.05) is 19.9 Å². The van der Waals surface area contributed by atoms with Crippen molar-refractivity contribution in [1.29, 1.82) is 0 Å². The highest BCUT2D eigenvalue weighted by atomic mass is 32.2. The molecule has 3 aromatic carbocycles. The second-order valence-electron chi connectivity index (χ2n) is 8.82. The van der Waals surface area contributed by atoms with Gasteiger partial charge >= 0.3 is 16.1 Å². The van der Waals surface area contributed by atoms with Crippen molar-refractivity contribution in [2.45, 2.75) is 13.8 Å². The summed E-state index contributed by atoms with van der Waals surface area (Å²) >= 11 is 0. The summed E-state index contributed by atoms with van der Waals surface area (Å²) in [4.78, 5) is 12.7. The fourth-order valence-electron chi connectivity index (χ4n) is 4.04. The second-order valence-corrected chi connectivity index (χ2v) is 10.4. The molecule has 0 aromatic heterocycles. The normalized spacial score (nSPS) is 10.9. The monoisotopic (exact) mass is 572 g/mol. The van der Waals surface area contributed by atoms with Crippen LogP contribution in [0, 0.1) is 0 Å². The number of carboxylic acids is 1. The molecule has 0 aliphatic carbocycles. The van der Waals surface area contributed by atoms with Gasteiger partial charge in [-0.1, -0.05) is 17.7 Å². The van der Waals surface area contributed by atoms with Crippen molar-refractivity contribution in [1.82, 2.24) is 0 Å². The predicted octanol–water partition coefficient (Wildman–Crippen LogP) is 5.44. The smallest absolute Gasteiger partial charge is 0.340 e. The van der Waals surface area contributed by atoms with Gasteiger partial charge in [-0.05, 0) is 49.8 Å². The third-order valence-electron chi connectivity index (χ3n) is 5.78. The Morgan fingerprint density at radius 1 is 0.825 bits per heavy atom. The van der Waals surface area contributed by atoms with E-state index in [2.05, 4.69) is 0 Å². The number of benzene rings is 3. The first kappa shape index (κ1) is 30.2. The van der Waals surface area contributed by atoms with Crippen LogP contribution in [0.25, 0.3) is 22.3 Å². The molecule has 214 valence electrons. The van der Waals surface area contributed by atoms with Crippen molar-refractivity contribution < 1.29 is 46.2 Å². The Kier molecular flexibility index (Phi) is 9.54. The topological polar surface area (TPSA) is 127 Å². The molecule has 3 aromatic rings. The van der Waals surface area contributed by atoms with E-state index >= 15 is 0 Å². The standard InChI is InChI=1S/C29H32O10S/c1-17(2)12-13-38-24-16-22(34-3)21(15-23(24)35-4)26-25(36-5)14-20(28(37-6)27(26)29(30)31)18-8-10-19(11-9-18)39-40(7,32)33/h8-12,14-16H,13H2,1-7H3,(H,30,31). The highest BCUT2D eigenvalue weighted by Crippen LogP contribution is 2.50. The minimum Gasteiger partial charge on any atom is -0.496 e. The molecule has 0 atom stereocenters. The predicted molar refractivity (Wildman–Crippen MR) is 151 cm³/mol. The summed E-state index contributed by atoms with van der Waals surface area (Å²) in [5.41, 5.74) is 2.44. The third kappa shape index (κ3) is 6.78. The molecule has 0 saturated carbocycles. The number of methoxy groups -OCH3 is 4. The summed E-state index contributed by atoms with van der Waals surface area (Å²) in [5, 5.41) is 10.4. The number of hydrogen-bond acceptors (Lipinski definition) is 9. The largest absolute Gasteiger partial charge is 0.496 e. The number of carbonyl (C=O) groups is 1. The van der Waals surface area contributed by atoms with E-state index in [1.54, 1.807) is 30.3 Å². The molecule has 0 heterocycles. The van der Waals surface area contributed by atoms with Gasteiger partial charge in [-0.3, -0.25) is 0 Å². The molecule has 0 unspecified atom stereocenters. The van der Waals surface area contributed by atoms with E-state index < -0.39 is 16.1 Å². The summed E-state index contributed by atoms with van der Waals surface area (Å²) < 4.78 is 56.2. The van der Waals surface area contributed by atoms with Gasteiger partial charge in [0.2, 0.25) is 0 Å². The van der Waals surface area contributed by atoms with Crippen molar-refractivity contribution in [3.05, 3.63) is 59.7 Å². The molecule has 0 bridgehead atoms. The lowest BCUT2D eigenvalue weighted by Gasteiger charge is -2.21. The van der Waals surface area contributed by atoms with Gasteiger partial charge in [-0.15, -0.1) is 0 Å². The SMILES string of the molecule is COc1cc(-c2c(OC)cc(-c3ccc(OS(C)(=O)=O)cc3)c(OC)c2C(=O)O)c(OC)cc1OCC=C(C)C. The molecule has 3 rings (SSSR count). The zero-order chi connectivity index (χ0) is 29.6. The van der Waals surface area contributed by atoms with E-state index in [4.69, 9.17) is 27.9 Å². The maximum absolute atomic E-state index is 12.7. The molecule has 0 saturated heterocycles. The van der Waals surface area contributed by atoms with Crippen LogP contribution in [-0.2, 0) is 10.1 Å². The lowest BCUT2D eigenvalue weighted by molar-refractivity contribution is 0.0694. The third-order valence-corrected chi connectivity index (χ3v) is 6.28. The zero-order valence-electron chi connectivity index (χ0n) is 23.4. The van der Waals surface area contributed by atoms with Gasteiger partial charge in [0.05, 0.1) is 34.7 Å². The quantitative estimate of drug-likeness (QED) is 0.221. The van der Waals surface area contributed by atoms with Gasteiger partial charge in [-0.25, -0.2) is 4.79 Å². The Hall–Kier alpha value is -4.38. The highest BCUT2D eigenvalue weighted by Gasteiger charge is 2.29. The molecule has 0 radical (unpaired) electrons. The number of rotatable bonds is 12. The van der Waals surface area contributed by atoms with Crippen LogP contribution >= 0.6 is 0 Å². The van der Waals surface area contributed by atoms with E-state index in [0.29, 0.717) is 40.5 Å². The average Bonchev–Trinajstić information content (AvgIpc) is 2.90. The van der Waals surface area contributed by atoms with Crippen molar-refractivity contribution in [3.63, 3.8) is 0 Å². The number of ether oxygens (including phenoxy) is 5. The molecular weight excluding hydrogens is 540 g/mol. The van der Waals surface area contributed by atoms with Crippen molar-refractivity contribution >= 4 is 16.1 Å². The van der Waals surface area contributed by atoms with Crippen LogP contribution in [0.1, 0.15) is 24.2 Å². The molecule has 10 nitrogen and oxygen atoms in total. The Morgan fingerprint density at radius 2 is 1.43 bits per heavy atom. The van der Waals surface area contributed by atoms with Crippen LogP contribution in [-0.4, -0.2) is 60.8 Å². The number of carboxylic acid groups (broad SMARTS) is 1. The number of allylic oxidation sites excluding steroid dienone is 1. The number of hydrogen-bond donors (Lipinski definition) is 1. The summed E-state index contributed by atoms with van der Waals surface area (Å²) in [5.74, 6) is 0.223. The first-order chi connectivity index (χ1) is 18.9. The van der Waals surface area contributed by atoms with Crippen LogP contribution in [0.15, 0.2) is 54.1 Å². The van der Waals surface area contributed by atoms with Gasteiger partial charge in [0.25, 0.3) is 0 Å². The first-order valence-corrected chi connectivity index (χ1v) is 13.8. The van der Waals surface area contributed by atoms with Crippen LogP contribution in [0.3, 0.4) is 0 Å². The molecule has 0 amide bonds. The average molecular weight is 573 g/mol. The molecule has 0 aliphatic heterocycles. The minimum absolute atomic E-state index is 0.0602. The van der Waals surface area contributed by atoms with Gasteiger partial charge < -0.3 is 33.0 Å². The Balaban J connectivity index is 2.27. The van der Waals surface area contributed by atoms with Crippen molar-refractivity contribution in [2.24, 2.45) is 0 Å². The van der Waals surface area contributed by atoms with Crippen LogP contribution in [0.4, 0.5) is 0 Å². The Labute approximate surface area is 233 Å². The summed E-state index contributed by atoms with van der Waals surface area (Å²) in [6.45, 7) is 4.22. The maximum atomic E-state index is 12.7. The van der Waals surface area contributed by atoms with Crippen LogP contribution in [0.2, 0.25) is 0 Å². The fourth-order valence-corrected chi connectivity index (χ4v) is 4.50. The Bertz CT molecular complexity index is 1520. The van der Waals surface area contributed by atoms with Gasteiger partial charge in [0.1, 0.15) is 35.2 Å². The molecule has 0 spiro atoms. The Morgan fingerprint density at radius 3 is 1.93 bits per heavy atom. The molecule has 0 aliphatic rings. The second kappa shape index (κ2) is 12.6. The molecule has 0 fully saturated rings. The van der Waals surface area contributed by atoms with Crippen LogP contribution in [0.5, 0.6) is 34.5 Å². The first-order valence-electron chi connectivity index (χ1n) is 12.0. The summed E-state index contributed by atoms with van der Waals surface area (Å²) in [6.07, 6.45) is 2.85. The minimum atomic E-state index is -3.71. The van der Waals surface area contributed by atoms with Gasteiger partial charge in [0.15, 0.2) is 11.5 Å². The summed E-state index contributed by atoms with van der Waals surface area (Å²) in [6, 6.07) is 11.0. The summed E-state index contributed by atoms with van der Waals surface area (Å²) in [7, 11) is 2.01. The fraction of sp³-hybridized carbons (Fsp3) is 0.276. The highest BCUT2D eigenvalue weighted by molar-refractivity contribution is 7.86. The van der Waals surface area contributed by atoms with Crippen molar-refractivity contribution in [2.75, 3.05) is 41.3 Å². The molecule has 40 heavy (non-hydrogen) atoms. The van der Waals surface area contributed by atoms with Gasteiger partial charge in [-0.2, -0.15) is 8.42 Å². The van der Waals surface area contributed by atoms with E-state index in [-0.39, 0.29) is 28.4 Å². The number of aromatic carboxylic acids is 1. The maximum Gasteiger partial charge on any atom is 0.340 e. The molecule has 1 N–H and O–H groups in total. The molecular formula is C29H32O10S. The van der Waals surface area contributed by atoms with Crippen LogP contribution < -0.4 is 27.9 Å². The lowest BCUT2D eigenvalue weighted by atomic mass is 9.91. The van der Waals surface area contributed by atoms with Gasteiger partial charge in [0, 0.05) is 22.8 Å². The van der Waals surface area contributed by atoms with Crippen molar-refractivity contribution in [3.8, 4) is 56.8 Å². The zero-order valence-corrected chi connectivity index (χ0v) is 24.2. The van der Waals surface area contributed by atoms with E-state index in [1.165, 1.54) is 40.6 Å². The lowest BCUT2D eigenvalue weighted by Crippen LogP contribution is -2.08. The van der Waals surface area contributed by atoms with E-state index in [9.17, 15) is 18.3 Å². The van der Waals surface area contributed by atoms with E-state index in [0.717, 1.165) is 11.8 Å².